The number of nitrogens with one attached hydrogen (secondary N) is 1. The highest BCUT2D eigenvalue weighted by Crippen LogP contribution is 2.32. The zero-order valence-corrected chi connectivity index (χ0v) is 12.5. The van der Waals surface area contributed by atoms with Gasteiger partial charge in [-0.15, -0.1) is 0 Å². The maximum absolute atomic E-state index is 5.54. The van der Waals surface area contributed by atoms with E-state index >= 15 is 0 Å². The van der Waals surface area contributed by atoms with Crippen molar-refractivity contribution in [1.82, 2.24) is 15.5 Å². The van der Waals surface area contributed by atoms with Crippen LogP contribution >= 0.6 is 0 Å². The second-order valence-corrected chi connectivity index (χ2v) is 5.75. The van der Waals surface area contributed by atoms with Crippen LogP contribution in [0.15, 0.2) is 4.52 Å². The minimum atomic E-state index is 0.392. The Kier molecular flexibility index (Phi) is 5.37. The smallest absolute Gasteiger partial charge is 0.231 e. The Bertz CT molecular complexity index is 377. The topological polar surface area (TPSA) is 51.0 Å². The van der Waals surface area contributed by atoms with Gasteiger partial charge in [0, 0.05) is 12.0 Å². The molecule has 0 bridgehead atoms. The second kappa shape index (κ2) is 7.04. The fourth-order valence-corrected chi connectivity index (χ4v) is 2.78. The van der Waals surface area contributed by atoms with Gasteiger partial charge in [0.05, 0.1) is 5.92 Å². The van der Waals surface area contributed by atoms with Crippen LogP contribution in [0.3, 0.4) is 0 Å². The van der Waals surface area contributed by atoms with E-state index in [0.717, 1.165) is 24.7 Å². The highest BCUT2D eigenvalue weighted by molar-refractivity contribution is 5.03. The van der Waals surface area contributed by atoms with E-state index in [-0.39, 0.29) is 0 Å². The molecule has 1 aliphatic rings. The van der Waals surface area contributed by atoms with Gasteiger partial charge >= 0.3 is 0 Å². The lowest BCUT2D eigenvalue weighted by Gasteiger charge is -2.29. The van der Waals surface area contributed by atoms with Gasteiger partial charge < -0.3 is 9.84 Å². The predicted molar refractivity (Wildman–Crippen MR) is 76.3 cm³/mol. The summed E-state index contributed by atoms with van der Waals surface area (Å²) in [6.45, 7) is 7.60. The van der Waals surface area contributed by atoms with Crippen LogP contribution in [0.25, 0.3) is 0 Å². The van der Waals surface area contributed by atoms with Gasteiger partial charge in [-0.3, -0.25) is 0 Å². The molecule has 0 aliphatic heterocycles. The Labute approximate surface area is 116 Å². The standard InChI is InChI=1S/C15H27N3O/c1-4-10-16-13-9-7-6-8-12(13)15-17-14(18-19-15)11(3)5-2/h11-13,16H,4-10H2,1-3H3. The van der Waals surface area contributed by atoms with Crippen molar-refractivity contribution in [3.63, 3.8) is 0 Å². The Hall–Kier alpha value is -0.900. The number of nitrogens with zero attached hydrogens (tertiary/aromatic N) is 2. The number of hydrogen-bond donors (Lipinski definition) is 1. The van der Waals surface area contributed by atoms with Crippen LogP contribution in [0, 0.1) is 0 Å². The lowest BCUT2D eigenvalue weighted by Crippen LogP contribution is -2.37. The van der Waals surface area contributed by atoms with E-state index in [4.69, 9.17) is 4.52 Å². The predicted octanol–water partition coefficient (Wildman–Crippen LogP) is 3.61. The number of hydrogen-bond acceptors (Lipinski definition) is 4. The molecule has 1 aromatic heterocycles. The van der Waals surface area contributed by atoms with Gasteiger partial charge in [0.25, 0.3) is 0 Å². The summed E-state index contributed by atoms with van der Waals surface area (Å²) in [6.07, 6.45) is 7.21. The largest absolute Gasteiger partial charge is 0.339 e. The fourth-order valence-electron chi connectivity index (χ4n) is 2.78. The zero-order chi connectivity index (χ0) is 13.7. The third-order valence-electron chi connectivity index (χ3n) is 4.25. The fraction of sp³-hybridized carbons (Fsp3) is 0.867. The maximum atomic E-state index is 5.54. The highest BCUT2D eigenvalue weighted by atomic mass is 16.5. The molecule has 0 spiro atoms. The van der Waals surface area contributed by atoms with Crippen molar-refractivity contribution < 1.29 is 4.52 Å². The van der Waals surface area contributed by atoms with Crippen LogP contribution in [-0.4, -0.2) is 22.7 Å². The zero-order valence-electron chi connectivity index (χ0n) is 12.5. The molecule has 4 nitrogen and oxygen atoms in total. The summed E-state index contributed by atoms with van der Waals surface area (Å²) in [7, 11) is 0. The molecule has 1 fully saturated rings. The molecule has 3 atom stereocenters. The Morgan fingerprint density at radius 3 is 2.84 bits per heavy atom. The van der Waals surface area contributed by atoms with Crippen LogP contribution in [0.4, 0.5) is 0 Å². The molecular weight excluding hydrogens is 238 g/mol. The van der Waals surface area contributed by atoms with Crippen molar-refractivity contribution in [3.8, 4) is 0 Å². The molecule has 0 aromatic carbocycles. The van der Waals surface area contributed by atoms with Crippen molar-refractivity contribution in [2.24, 2.45) is 0 Å². The third-order valence-corrected chi connectivity index (χ3v) is 4.25. The van der Waals surface area contributed by atoms with Crippen LogP contribution < -0.4 is 5.32 Å². The average molecular weight is 265 g/mol. The normalized spacial score (nSPS) is 25.4. The van der Waals surface area contributed by atoms with E-state index in [1.807, 2.05) is 0 Å². The first-order valence-corrected chi connectivity index (χ1v) is 7.83. The first kappa shape index (κ1) is 14.5. The van der Waals surface area contributed by atoms with Crippen LogP contribution in [0.2, 0.25) is 0 Å². The minimum Gasteiger partial charge on any atom is -0.339 e. The van der Waals surface area contributed by atoms with E-state index in [0.29, 0.717) is 17.9 Å². The quantitative estimate of drug-likeness (QED) is 0.853. The molecule has 1 heterocycles. The minimum absolute atomic E-state index is 0.392. The molecule has 0 radical (unpaired) electrons. The Morgan fingerprint density at radius 1 is 1.32 bits per heavy atom. The van der Waals surface area contributed by atoms with Gasteiger partial charge in [0.1, 0.15) is 0 Å². The summed E-state index contributed by atoms with van der Waals surface area (Å²) in [5, 5.41) is 7.81. The van der Waals surface area contributed by atoms with Gasteiger partial charge in [-0.2, -0.15) is 4.98 Å². The number of aromatic nitrogens is 2. The molecule has 1 N–H and O–H groups in total. The first-order chi connectivity index (χ1) is 9.26. The summed E-state index contributed by atoms with van der Waals surface area (Å²) in [5.41, 5.74) is 0. The molecule has 19 heavy (non-hydrogen) atoms. The summed E-state index contributed by atoms with van der Waals surface area (Å²) in [5.74, 6) is 2.52. The van der Waals surface area contributed by atoms with Crippen LogP contribution in [-0.2, 0) is 0 Å². The van der Waals surface area contributed by atoms with Gasteiger partial charge in [0.2, 0.25) is 5.89 Å². The maximum Gasteiger partial charge on any atom is 0.231 e. The molecule has 3 unspecified atom stereocenters. The highest BCUT2D eigenvalue weighted by Gasteiger charge is 2.30. The molecule has 4 heteroatoms. The van der Waals surface area contributed by atoms with Crippen LogP contribution in [0.5, 0.6) is 0 Å². The van der Waals surface area contributed by atoms with E-state index in [9.17, 15) is 0 Å². The molecule has 0 amide bonds. The summed E-state index contributed by atoms with van der Waals surface area (Å²) >= 11 is 0. The van der Waals surface area contributed by atoms with Crippen molar-refractivity contribution >= 4 is 0 Å². The molecular formula is C15H27N3O. The van der Waals surface area contributed by atoms with Crippen molar-refractivity contribution in [2.75, 3.05) is 6.54 Å². The molecule has 1 aliphatic carbocycles. The molecule has 108 valence electrons. The van der Waals surface area contributed by atoms with E-state index < -0.39 is 0 Å². The number of rotatable bonds is 6. The van der Waals surface area contributed by atoms with Gasteiger partial charge in [-0.05, 0) is 32.2 Å². The lowest BCUT2D eigenvalue weighted by molar-refractivity contribution is 0.262. The average Bonchev–Trinajstić information content (AvgIpc) is 2.94. The third kappa shape index (κ3) is 3.56. The van der Waals surface area contributed by atoms with Crippen molar-refractivity contribution in [1.29, 1.82) is 0 Å². The molecule has 1 saturated carbocycles. The van der Waals surface area contributed by atoms with Gasteiger partial charge in [-0.1, -0.05) is 38.8 Å². The van der Waals surface area contributed by atoms with Crippen molar-refractivity contribution in [3.05, 3.63) is 11.7 Å². The van der Waals surface area contributed by atoms with E-state index in [1.54, 1.807) is 0 Å². The molecule has 1 aromatic rings. The van der Waals surface area contributed by atoms with Crippen LogP contribution in [0.1, 0.15) is 82.8 Å². The summed E-state index contributed by atoms with van der Waals surface area (Å²) < 4.78 is 5.54. The summed E-state index contributed by atoms with van der Waals surface area (Å²) in [6, 6.07) is 0.513. The first-order valence-electron chi connectivity index (χ1n) is 7.83. The Balaban J connectivity index is 2.06. The van der Waals surface area contributed by atoms with Gasteiger partial charge in [-0.25, -0.2) is 0 Å². The Morgan fingerprint density at radius 2 is 2.11 bits per heavy atom. The van der Waals surface area contributed by atoms with Gasteiger partial charge in [0.15, 0.2) is 5.82 Å². The molecule has 2 rings (SSSR count). The monoisotopic (exact) mass is 265 g/mol. The summed E-state index contributed by atoms with van der Waals surface area (Å²) in [4.78, 5) is 4.65. The lowest BCUT2D eigenvalue weighted by atomic mass is 9.84. The van der Waals surface area contributed by atoms with Crippen molar-refractivity contribution in [2.45, 2.75) is 77.2 Å². The van der Waals surface area contributed by atoms with E-state index in [1.165, 1.54) is 32.1 Å². The molecule has 0 saturated heterocycles. The second-order valence-electron chi connectivity index (χ2n) is 5.75. The van der Waals surface area contributed by atoms with E-state index in [2.05, 4.69) is 36.2 Å². The SMILES string of the molecule is CCCNC1CCCCC1c1nc(C(C)CC)no1.